The van der Waals surface area contributed by atoms with Crippen LogP contribution in [0.1, 0.15) is 25.8 Å². The molecule has 168 valence electrons. The van der Waals surface area contributed by atoms with Crippen molar-refractivity contribution in [2.75, 3.05) is 25.6 Å². The predicted molar refractivity (Wildman–Crippen MR) is 121 cm³/mol. The molecule has 1 aliphatic carbocycles. The van der Waals surface area contributed by atoms with Crippen LogP contribution < -0.4 is 25.8 Å². The first-order chi connectivity index (χ1) is 15.6. The van der Waals surface area contributed by atoms with E-state index < -0.39 is 0 Å². The molecule has 0 saturated heterocycles. The largest absolute Gasteiger partial charge is 0.497 e. The zero-order valence-electron chi connectivity index (χ0n) is 18.2. The molecule has 0 atom stereocenters. The first-order valence-electron chi connectivity index (χ1n) is 10.7. The van der Waals surface area contributed by atoms with Crippen LogP contribution in [-0.4, -0.2) is 40.6 Å². The fourth-order valence-corrected chi connectivity index (χ4v) is 3.42. The van der Waals surface area contributed by atoms with E-state index in [1.165, 1.54) is 4.68 Å². The van der Waals surface area contributed by atoms with Gasteiger partial charge in [-0.15, -0.1) is 5.10 Å². The molecular weight excluding hydrogens is 410 g/mol. The number of amides is 2. The summed E-state index contributed by atoms with van der Waals surface area (Å²) < 4.78 is 13.8. The second kappa shape index (κ2) is 9.59. The van der Waals surface area contributed by atoms with Crippen molar-refractivity contribution in [1.29, 1.82) is 0 Å². The molecule has 1 heterocycles. The standard InChI is InChI=1S/C23H27N5O4/c1-3-32-20-12-6-17(7-13-20)25-22(29)24-14-15-27-23(30)28(18-8-9-18)21(26-27)16-4-10-19(31-2)11-5-16/h4-7,10-13,18H,3,8-9,14-15H2,1-2H3,(H2,24,25,29). The molecular formula is C23H27N5O4. The number of benzene rings is 2. The van der Waals surface area contributed by atoms with Crippen LogP contribution in [0.4, 0.5) is 10.5 Å². The lowest BCUT2D eigenvalue weighted by atomic mass is 10.2. The smallest absolute Gasteiger partial charge is 0.346 e. The third-order valence-corrected chi connectivity index (χ3v) is 5.16. The number of hydrogen-bond acceptors (Lipinski definition) is 5. The number of urea groups is 1. The van der Waals surface area contributed by atoms with Crippen LogP contribution in [0.5, 0.6) is 11.5 Å². The van der Waals surface area contributed by atoms with E-state index in [0.717, 1.165) is 29.9 Å². The highest BCUT2D eigenvalue weighted by molar-refractivity contribution is 5.89. The SMILES string of the molecule is CCOc1ccc(NC(=O)NCCn2nc(-c3ccc(OC)cc3)n(C3CC3)c2=O)cc1. The van der Waals surface area contributed by atoms with Crippen molar-refractivity contribution >= 4 is 11.7 Å². The van der Waals surface area contributed by atoms with Crippen LogP contribution >= 0.6 is 0 Å². The minimum Gasteiger partial charge on any atom is -0.497 e. The van der Waals surface area contributed by atoms with Crippen LogP contribution in [0, 0.1) is 0 Å². The maximum atomic E-state index is 12.9. The van der Waals surface area contributed by atoms with Crippen molar-refractivity contribution < 1.29 is 14.3 Å². The van der Waals surface area contributed by atoms with Gasteiger partial charge in [-0.05, 0) is 68.3 Å². The number of ether oxygens (including phenoxy) is 2. The lowest BCUT2D eigenvalue weighted by Gasteiger charge is -2.08. The molecule has 1 aromatic heterocycles. The Kier molecular flexibility index (Phi) is 6.44. The van der Waals surface area contributed by atoms with Crippen LogP contribution in [0.2, 0.25) is 0 Å². The van der Waals surface area contributed by atoms with Gasteiger partial charge in [0.25, 0.3) is 0 Å². The van der Waals surface area contributed by atoms with Crippen LogP contribution in [0.15, 0.2) is 53.3 Å². The van der Waals surface area contributed by atoms with Gasteiger partial charge in [0.2, 0.25) is 0 Å². The highest BCUT2D eigenvalue weighted by atomic mass is 16.5. The lowest BCUT2D eigenvalue weighted by Crippen LogP contribution is -2.34. The van der Waals surface area contributed by atoms with E-state index in [0.29, 0.717) is 18.1 Å². The Bertz CT molecular complexity index is 1110. The van der Waals surface area contributed by atoms with Gasteiger partial charge >= 0.3 is 11.7 Å². The average molecular weight is 438 g/mol. The molecule has 0 radical (unpaired) electrons. The molecule has 2 N–H and O–H groups in total. The minimum absolute atomic E-state index is 0.160. The zero-order valence-corrected chi connectivity index (χ0v) is 18.2. The van der Waals surface area contributed by atoms with Crippen LogP contribution in [0.25, 0.3) is 11.4 Å². The lowest BCUT2D eigenvalue weighted by molar-refractivity contribution is 0.251. The van der Waals surface area contributed by atoms with Gasteiger partial charge in [-0.3, -0.25) is 4.57 Å². The van der Waals surface area contributed by atoms with Crippen molar-refractivity contribution in [3.63, 3.8) is 0 Å². The Morgan fingerprint density at radius 2 is 1.78 bits per heavy atom. The van der Waals surface area contributed by atoms with Crippen LogP contribution in [0.3, 0.4) is 0 Å². The molecule has 0 unspecified atom stereocenters. The van der Waals surface area contributed by atoms with Gasteiger partial charge in [0.05, 0.1) is 20.3 Å². The number of carbonyl (C=O) groups excluding carboxylic acids is 1. The minimum atomic E-state index is -0.348. The first-order valence-corrected chi connectivity index (χ1v) is 10.7. The van der Waals surface area contributed by atoms with E-state index in [1.807, 2.05) is 31.2 Å². The van der Waals surface area contributed by atoms with Gasteiger partial charge in [0.15, 0.2) is 5.82 Å². The maximum absolute atomic E-state index is 12.9. The Hall–Kier alpha value is -3.75. The molecule has 2 amide bonds. The van der Waals surface area contributed by atoms with Crippen molar-refractivity contribution in [3.8, 4) is 22.9 Å². The molecule has 32 heavy (non-hydrogen) atoms. The van der Waals surface area contributed by atoms with Gasteiger partial charge in [0, 0.05) is 23.8 Å². The van der Waals surface area contributed by atoms with E-state index in [1.54, 1.807) is 35.9 Å². The normalized spacial score (nSPS) is 12.9. The quantitative estimate of drug-likeness (QED) is 0.535. The molecule has 2 aromatic carbocycles. The molecule has 0 spiro atoms. The second-order valence-electron chi connectivity index (χ2n) is 7.50. The number of methoxy groups -OCH3 is 1. The van der Waals surface area contributed by atoms with Crippen molar-refractivity contribution in [3.05, 3.63) is 59.0 Å². The molecule has 0 bridgehead atoms. The van der Waals surface area contributed by atoms with Crippen molar-refractivity contribution in [1.82, 2.24) is 19.7 Å². The summed E-state index contributed by atoms with van der Waals surface area (Å²) in [6.45, 7) is 3.05. The number of rotatable bonds is 9. The number of nitrogens with zero attached hydrogens (tertiary/aromatic N) is 3. The van der Waals surface area contributed by atoms with Crippen LogP contribution in [-0.2, 0) is 6.54 Å². The number of aromatic nitrogens is 3. The maximum Gasteiger partial charge on any atom is 0.346 e. The number of hydrogen-bond donors (Lipinski definition) is 2. The van der Waals surface area contributed by atoms with E-state index in [-0.39, 0.29) is 30.9 Å². The summed E-state index contributed by atoms with van der Waals surface area (Å²) in [5, 5.41) is 10.1. The zero-order chi connectivity index (χ0) is 22.5. The van der Waals surface area contributed by atoms with Gasteiger partial charge in [-0.2, -0.15) is 0 Å². The van der Waals surface area contributed by atoms with E-state index in [9.17, 15) is 9.59 Å². The Morgan fingerprint density at radius 1 is 1.09 bits per heavy atom. The molecule has 9 nitrogen and oxygen atoms in total. The molecule has 3 aromatic rings. The summed E-state index contributed by atoms with van der Waals surface area (Å²) in [4.78, 5) is 25.1. The first kappa shape index (κ1) is 21.5. The Labute approximate surface area is 186 Å². The molecule has 9 heteroatoms. The highest BCUT2D eigenvalue weighted by Crippen LogP contribution is 2.36. The summed E-state index contributed by atoms with van der Waals surface area (Å²) >= 11 is 0. The predicted octanol–water partition coefficient (Wildman–Crippen LogP) is 3.28. The molecule has 1 saturated carbocycles. The Balaban J connectivity index is 1.39. The number of carbonyl (C=O) groups is 1. The summed E-state index contributed by atoms with van der Waals surface area (Å²) in [7, 11) is 1.61. The van der Waals surface area contributed by atoms with E-state index in [4.69, 9.17) is 9.47 Å². The third kappa shape index (κ3) is 4.93. The molecule has 1 aliphatic rings. The summed E-state index contributed by atoms with van der Waals surface area (Å²) in [5.41, 5.74) is 1.35. The van der Waals surface area contributed by atoms with Crippen molar-refractivity contribution in [2.24, 2.45) is 0 Å². The second-order valence-corrected chi connectivity index (χ2v) is 7.50. The fraction of sp³-hybridized carbons (Fsp3) is 0.348. The number of nitrogens with one attached hydrogen (secondary N) is 2. The van der Waals surface area contributed by atoms with Gasteiger partial charge in [-0.1, -0.05) is 0 Å². The highest BCUT2D eigenvalue weighted by Gasteiger charge is 2.30. The fourth-order valence-electron chi connectivity index (χ4n) is 3.42. The Morgan fingerprint density at radius 3 is 2.41 bits per heavy atom. The molecule has 0 aliphatic heterocycles. The van der Waals surface area contributed by atoms with Gasteiger partial charge in [-0.25, -0.2) is 14.3 Å². The monoisotopic (exact) mass is 437 g/mol. The van der Waals surface area contributed by atoms with Gasteiger partial charge in [0.1, 0.15) is 11.5 Å². The van der Waals surface area contributed by atoms with Gasteiger partial charge < -0.3 is 20.1 Å². The topological polar surface area (TPSA) is 99.4 Å². The molecule has 4 rings (SSSR count). The van der Waals surface area contributed by atoms with E-state index >= 15 is 0 Å². The number of anilines is 1. The van der Waals surface area contributed by atoms with E-state index in [2.05, 4.69) is 15.7 Å². The summed E-state index contributed by atoms with van der Waals surface area (Å²) in [5.74, 6) is 2.13. The summed E-state index contributed by atoms with van der Waals surface area (Å²) in [6.07, 6.45) is 1.94. The average Bonchev–Trinajstić information content (AvgIpc) is 3.59. The van der Waals surface area contributed by atoms with Crippen molar-refractivity contribution in [2.45, 2.75) is 32.4 Å². The molecule has 1 fully saturated rings. The summed E-state index contributed by atoms with van der Waals surface area (Å²) in [6, 6.07) is 14.5. The third-order valence-electron chi connectivity index (χ3n) is 5.16.